The van der Waals surface area contributed by atoms with Gasteiger partial charge >= 0.3 is 6.61 Å². The Hall–Kier alpha value is -3.95. The molecular weight excluding hydrogens is 423 g/mol. The zero-order valence-electron chi connectivity index (χ0n) is 17.1. The first-order valence-electron chi connectivity index (χ1n) is 9.48. The lowest BCUT2D eigenvalue weighted by molar-refractivity contribution is -0.129. The van der Waals surface area contributed by atoms with Crippen molar-refractivity contribution in [1.29, 1.82) is 0 Å². The van der Waals surface area contributed by atoms with E-state index in [1.807, 2.05) is 0 Å². The topological polar surface area (TPSA) is 93.7 Å². The molecular formula is C22H18F3N5O2. The number of likely N-dealkylation sites (N-methyl/N-ethyl adjacent to an activating group) is 1. The molecule has 2 aromatic heterocycles. The van der Waals surface area contributed by atoms with Crippen LogP contribution in [0.1, 0.15) is 16.7 Å². The molecule has 32 heavy (non-hydrogen) atoms. The molecule has 1 aliphatic rings. The number of carbonyl (C=O) groups is 1. The monoisotopic (exact) mass is 441 g/mol. The molecule has 7 nitrogen and oxygen atoms in total. The Morgan fingerprint density at radius 2 is 1.72 bits per heavy atom. The molecule has 3 aromatic rings. The van der Waals surface area contributed by atoms with Gasteiger partial charge in [-0.2, -0.15) is 8.78 Å². The average molecular weight is 441 g/mol. The number of guanidine groups is 1. The predicted octanol–water partition coefficient (Wildman–Crippen LogP) is 3.22. The molecule has 0 aliphatic carbocycles. The van der Waals surface area contributed by atoms with Crippen LogP contribution >= 0.6 is 0 Å². The molecule has 1 aliphatic heterocycles. The van der Waals surface area contributed by atoms with Gasteiger partial charge in [-0.15, -0.1) is 0 Å². The number of carbonyl (C=O) groups excluding carboxylic acids is 1. The van der Waals surface area contributed by atoms with E-state index in [1.165, 1.54) is 48.7 Å². The second-order valence-corrected chi connectivity index (χ2v) is 7.26. The smallest absolute Gasteiger partial charge is 0.387 e. The number of ether oxygens (including phenoxy) is 1. The fourth-order valence-corrected chi connectivity index (χ4v) is 3.65. The number of rotatable bonds is 5. The van der Waals surface area contributed by atoms with Crippen molar-refractivity contribution in [3.05, 3.63) is 77.6 Å². The maximum absolute atomic E-state index is 13.7. The van der Waals surface area contributed by atoms with E-state index < -0.39 is 23.9 Å². The molecule has 0 radical (unpaired) electrons. The Morgan fingerprint density at radius 1 is 1.03 bits per heavy atom. The number of benzene rings is 1. The van der Waals surface area contributed by atoms with Gasteiger partial charge in [0.1, 0.15) is 11.6 Å². The number of halogens is 3. The van der Waals surface area contributed by atoms with Crippen LogP contribution in [-0.2, 0) is 10.3 Å². The summed E-state index contributed by atoms with van der Waals surface area (Å²) >= 11 is 0. The minimum Gasteiger partial charge on any atom is -0.435 e. The van der Waals surface area contributed by atoms with Gasteiger partial charge in [-0.1, -0.05) is 6.07 Å². The molecule has 0 saturated carbocycles. The van der Waals surface area contributed by atoms with Gasteiger partial charge in [0.25, 0.3) is 5.91 Å². The molecule has 3 heterocycles. The molecule has 1 atom stereocenters. The third-order valence-electron chi connectivity index (χ3n) is 5.24. The van der Waals surface area contributed by atoms with Gasteiger partial charge < -0.3 is 10.5 Å². The number of pyridine rings is 2. The number of nitrogens with zero attached hydrogens (tertiary/aromatic N) is 4. The van der Waals surface area contributed by atoms with Gasteiger partial charge in [0, 0.05) is 42.3 Å². The van der Waals surface area contributed by atoms with Crippen LogP contribution in [0.25, 0.3) is 11.1 Å². The molecule has 1 amide bonds. The van der Waals surface area contributed by atoms with Gasteiger partial charge in [0.2, 0.25) is 0 Å². The molecule has 10 heteroatoms. The summed E-state index contributed by atoms with van der Waals surface area (Å²) in [4.78, 5) is 27.1. The summed E-state index contributed by atoms with van der Waals surface area (Å²) in [5.74, 6) is -1.01. The number of aliphatic imine (C=N–C) groups is 1. The molecule has 0 bridgehead atoms. The Bertz CT molecular complexity index is 1230. The Kier molecular flexibility index (Phi) is 5.29. The normalized spacial score (nSPS) is 18.2. The van der Waals surface area contributed by atoms with Gasteiger partial charge in [-0.05, 0) is 42.3 Å². The fourth-order valence-electron chi connectivity index (χ4n) is 3.65. The van der Waals surface area contributed by atoms with Crippen LogP contribution in [-0.4, -0.2) is 40.4 Å². The first kappa shape index (κ1) is 21.3. The van der Waals surface area contributed by atoms with Gasteiger partial charge in [-0.3, -0.25) is 19.7 Å². The maximum atomic E-state index is 13.7. The van der Waals surface area contributed by atoms with E-state index in [4.69, 9.17) is 5.73 Å². The first-order valence-corrected chi connectivity index (χ1v) is 9.48. The number of alkyl halides is 2. The van der Waals surface area contributed by atoms with E-state index in [0.717, 1.165) is 6.20 Å². The van der Waals surface area contributed by atoms with Crippen molar-refractivity contribution < 1.29 is 22.7 Å². The van der Waals surface area contributed by atoms with E-state index in [1.54, 1.807) is 19.1 Å². The van der Waals surface area contributed by atoms with Crippen molar-refractivity contribution in [3.63, 3.8) is 0 Å². The number of aryl methyl sites for hydroxylation is 1. The largest absolute Gasteiger partial charge is 0.435 e. The van der Waals surface area contributed by atoms with E-state index in [2.05, 4.69) is 19.7 Å². The molecule has 2 N–H and O–H groups in total. The summed E-state index contributed by atoms with van der Waals surface area (Å²) in [6.45, 7) is -1.40. The summed E-state index contributed by atoms with van der Waals surface area (Å²) in [6, 6.07) is 7.32. The van der Waals surface area contributed by atoms with Crippen molar-refractivity contribution >= 4 is 11.9 Å². The number of hydrogen-bond acceptors (Lipinski definition) is 6. The average Bonchev–Trinajstić information content (AvgIpc) is 3.00. The van der Waals surface area contributed by atoms with Crippen molar-refractivity contribution in [3.8, 4) is 16.9 Å². The highest BCUT2D eigenvalue weighted by atomic mass is 19.3. The molecule has 4 rings (SSSR count). The van der Waals surface area contributed by atoms with Crippen molar-refractivity contribution in [1.82, 2.24) is 14.9 Å². The highest BCUT2D eigenvalue weighted by molar-refractivity contribution is 6.09. The summed E-state index contributed by atoms with van der Waals surface area (Å²) < 4.78 is 43.6. The number of nitrogens with two attached hydrogens (primary N) is 1. The van der Waals surface area contributed by atoms with Crippen molar-refractivity contribution in [2.24, 2.45) is 10.7 Å². The quantitative estimate of drug-likeness (QED) is 0.656. The molecule has 1 unspecified atom stereocenters. The van der Waals surface area contributed by atoms with E-state index >= 15 is 0 Å². The van der Waals surface area contributed by atoms with Crippen molar-refractivity contribution in [2.45, 2.75) is 19.1 Å². The highest BCUT2D eigenvalue weighted by Crippen LogP contribution is 2.41. The molecule has 0 spiro atoms. The summed E-state index contributed by atoms with van der Waals surface area (Å²) in [5.41, 5.74) is 6.50. The zero-order valence-corrected chi connectivity index (χ0v) is 17.1. The minimum absolute atomic E-state index is 0.0154. The Balaban J connectivity index is 1.90. The number of aromatic nitrogens is 2. The lowest BCUT2D eigenvalue weighted by atomic mass is 9.82. The molecule has 164 valence electrons. The summed E-state index contributed by atoms with van der Waals surface area (Å²) in [6.07, 6.45) is 5.52. The van der Waals surface area contributed by atoms with Gasteiger partial charge in [0.15, 0.2) is 11.5 Å². The van der Waals surface area contributed by atoms with E-state index in [9.17, 15) is 18.0 Å². The van der Waals surface area contributed by atoms with Crippen LogP contribution in [0.2, 0.25) is 0 Å². The highest BCUT2D eigenvalue weighted by Gasteiger charge is 2.50. The maximum Gasteiger partial charge on any atom is 0.387 e. The van der Waals surface area contributed by atoms with Crippen LogP contribution in [0.5, 0.6) is 5.75 Å². The zero-order chi connectivity index (χ0) is 23.0. The van der Waals surface area contributed by atoms with E-state index in [0.29, 0.717) is 27.8 Å². The third-order valence-corrected chi connectivity index (χ3v) is 5.24. The lowest BCUT2D eigenvalue weighted by Gasteiger charge is -2.27. The Morgan fingerprint density at radius 3 is 2.31 bits per heavy atom. The molecule has 0 saturated heterocycles. The minimum atomic E-state index is -2.98. The van der Waals surface area contributed by atoms with Crippen LogP contribution in [0, 0.1) is 12.7 Å². The molecule has 0 fully saturated rings. The standard InChI is InChI=1S/C22H18F3N5O2/c1-12-5-15(3-4-18(12)32-20(24)25)22(19(31)30(2)21(26)29-22)16-6-13(8-27-10-16)14-7-17(23)11-28-9-14/h3-11,20H,1-2H3,(H2,26,29). The predicted molar refractivity (Wildman–Crippen MR) is 110 cm³/mol. The fraction of sp³-hybridized carbons (Fsp3) is 0.182. The van der Waals surface area contributed by atoms with Crippen LogP contribution in [0.15, 0.2) is 60.1 Å². The second-order valence-electron chi connectivity index (χ2n) is 7.26. The summed E-state index contributed by atoms with van der Waals surface area (Å²) in [5, 5.41) is 0. The van der Waals surface area contributed by atoms with Crippen LogP contribution in [0.4, 0.5) is 13.2 Å². The number of hydrogen-bond donors (Lipinski definition) is 1. The van der Waals surface area contributed by atoms with Gasteiger partial charge in [0.05, 0.1) is 6.20 Å². The first-order chi connectivity index (χ1) is 15.2. The Labute approximate surface area is 181 Å². The third kappa shape index (κ3) is 3.53. The van der Waals surface area contributed by atoms with Crippen LogP contribution in [0.3, 0.4) is 0 Å². The van der Waals surface area contributed by atoms with Crippen molar-refractivity contribution in [2.75, 3.05) is 7.05 Å². The SMILES string of the molecule is Cc1cc(C2(c3cncc(-c4cncc(F)c4)c3)N=C(N)N(C)C2=O)ccc1OC(F)F. The van der Waals surface area contributed by atoms with Crippen LogP contribution < -0.4 is 10.5 Å². The summed E-state index contributed by atoms with van der Waals surface area (Å²) in [7, 11) is 1.48. The molecule has 1 aromatic carbocycles. The second kappa shape index (κ2) is 7.95. The lowest BCUT2D eigenvalue weighted by Crippen LogP contribution is -2.41. The number of amides is 1. The van der Waals surface area contributed by atoms with Gasteiger partial charge in [-0.25, -0.2) is 9.38 Å². The van der Waals surface area contributed by atoms with E-state index in [-0.39, 0.29) is 11.7 Å².